The Kier molecular flexibility index (Phi) is 6.74. The van der Waals surface area contributed by atoms with Crippen LogP contribution in [0.2, 0.25) is 0 Å². The van der Waals surface area contributed by atoms with Gasteiger partial charge in [0.15, 0.2) is 0 Å². The Bertz CT molecular complexity index is 471. The lowest BCUT2D eigenvalue weighted by atomic mass is 10.3. The zero-order chi connectivity index (χ0) is 14.8. The summed E-state index contributed by atoms with van der Waals surface area (Å²) in [6, 6.07) is 0.310. The van der Waals surface area contributed by atoms with Gasteiger partial charge in [-0.25, -0.2) is 9.97 Å². The largest absolute Gasteiger partial charge is 0.464 e. The first-order chi connectivity index (χ1) is 9.61. The predicted octanol–water partition coefficient (Wildman–Crippen LogP) is 0.141. The maximum Gasteiger partial charge on any atom is 0.316 e. The van der Waals surface area contributed by atoms with Gasteiger partial charge < -0.3 is 15.4 Å². The molecule has 0 aromatic carbocycles. The zero-order valence-electron chi connectivity index (χ0n) is 11.5. The smallest absolute Gasteiger partial charge is 0.316 e. The molecule has 0 aliphatic heterocycles. The van der Waals surface area contributed by atoms with E-state index in [9.17, 15) is 9.59 Å². The van der Waals surface area contributed by atoms with E-state index in [1.54, 1.807) is 18.5 Å². The maximum atomic E-state index is 11.5. The minimum Gasteiger partial charge on any atom is -0.464 e. The number of ether oxygens (including phenoxy) is 1. The second-order valence-corrected chi connectivity index (χ2v) is 3.84. The highest BCUT2D eigenvalue weighted by atomic mass is 16.5. The second kappa shape index (κ2) is 8.63. The molecule has 0 saturated heterocycles. The molecule has 7 heteroatoms. The quantitative estimate of drug-likeness (QED) is 0.546. The lowest BCUT2D eigenvalue weighted by Crippen LogP contribution is -2.32. The Morgan fingerprint density at radius 2 is 1.90 bits per heavy atom. The molecule has 0 aliphatic rings. The molecule has 0 unspecified atom stereocenters. The van der Waals surface area contributed by atoms with Crippen LogP contribution in [0.5, 0.6) is 6.01 Å². The van der Waals surface area contributed by atoms with Crippen LogP contribution in [0.15, 0.2) is 18.5 Å². The highest BCUT2D eigenvalue weighted by molar-refractivity contribution is 5.91. The van der Waals surface area contributed by atoms with E-state index < -0.39 is 0 Å². The van der Waals surface area contributed by atoms with Crippen LogP contribution in [0.25, 0.3) is 6.08 Å². The number of carbonyl (C=O) groups excluding carboxylic acids is 2. The number of rotatable bonds is 7. The van der Waals surface area contributed by atoms with Gasteiger partial charge in [-0.05, 0) is 13.0 Å². The van der Waals surface area contributed by atoms with Crippen molar-refractivity contribution in [1.29, 1.82) is 0 Å². The number of hydrogen-bond donors (Lipinski definition) is 2. The number of nitrogens with one attached hydrogen (secondary N) is 2. The van der Waals surface area contributed by atoms with Crippen LogP contribution in [-0.2, 0) is 9.59 Å². The summed E-state index contributed by atoms with van der Waals surface area (Å²) in [7, 11) is 0. The van der Waals surface area contributed by atoms with Gasteiger partial charge in [0.05, 0.1) is 6.61 Å². The SMILES string of the molecule is CCOc1ncc(/C=C/C(=O)NCCNC(C)=O)cn1. The third-order valence-electron chi connectivity index (χ3n) is 2.15. The Morgan fingerprint density at radius 3 is 2.50 bits per heavy atom. The number of hydrogen-bond acceptors (Lipinski definition) is 5. The van der Waals surface area contributed by atoms with E-state index in [-0.39, 0.29) is 11.8 Å². The minimum atomic E-state index is -0.246. The topological polar surface area (TPSA) is 93.2 Å². The van der Waals surface area contributed by atoms with E-state index in [4.69, 9.17) is 4.74 Å². The van der Waals surface area contributed by atoms with E-state index in [1.807, 2.05) is 6.92 Å². The second-order valence-electron chi connectivity index (χ2n) is 3.84. The Labute approximate surface area is 117 Å². The van der Waals surface area contributed by atoms with Gasteiger partial charge in [0.1, 0.15) is 0 Å². The molecule has 0 saturated carbocycles. The summed E-state index contributed by atoms with van der Waals surface area (Å²) in [5.74, 6) is -0.370. The molecule has 2 amide bonds. The molecule has 2 N–H and O–H groups in total. The zero-order valence-corrected chi connectivity index (χ0v) is 11.5. The van der Waals surface area contributed by atoms with Crippen LogP contribution in [0.1, 0.15) is 19.4 Å². The lowest BCUT2D eigenvalue weighted by molar-refractivity contribution is -0.119. The van der Waals surface area contributed by atoms with E-state index in [0.717, 1.165) is 0 Å². The number of aromatic nitrogens is 2. The number of carbonyl (C=O) groups is 2. The molecule has 0 spiro atoms. The fourth-order valence-corrected chi connectivity index (χ4v) is 1.27. The van der Waals surface area contributed by atoms with Gasteiger partial charge in [-0.1, -0.05) is 0 Å². The van der Waals surface area contributed by atoms with Crippen LogP contribution in [0, 0.1) is 0 Å². The molecular weight excluding hydrogens is 260 g/mol. The van der Waals surface area contributed by atoms with Crippen molar-refractivity contribution in [3.05, 3.63) is 24.0 Å². The van der Waals surface area contributed by atoms with Crippen LogP contribution >= 0.6 is 0 Å². The van der Waals surface area contributed by atoms with E-state index in [2.05, 4.69) is 20.6 Å². The van der Waals surface area contributed by atoms with Gasteiger partial charge in [-0.3, -0.25) is 9.59 Å². The van der Waals surface area contributed by atoms with Crippen LogP contribution in [0.4, 0.5) is 0 Å². The molecule has 1 aromatic heterocycles. The lowest BCUT2D eigenvalue weighted by Gasteiger charge is -2.02. The monoisotopic (exact) mass is 278 g/mol. The molecule has 0 aliphatic carbocycles. The van der Waals surface area contributed by atoms with Crippen LogP contribution in [-0.4, -0.2) is 41.5 Å². The Morgan fingerprint density at radius 1 is 1.25 bits per heavy atom. The fraction of sp³-hybridized carbons (Fsp3) is 0.385. The average Bonchev–Trinajstić information content (AvgIpc) is 2.43. The van der Waals surface area contributed by atoms with Crippen molar-refractivity contribution >= 4 is 17.9 Å². The summed E-state index contributed by atoms with van der Waals surface area (Å²) in [6.45, 7) is 4.56. The van der Waals surface area contributed by atoms with E-state index >= 15 is 0 Å². The first-order valence-corrected chi connectivity index (χ1v) is 6.27. The van der Waals surface area contributed by atoms with Crippen molar-refractivity contribution in [2.24, 2.45) is 0 Å². The molecule has 1 rings (SSSR count). The third kappa shape index (κ3) is 6.48. The Hall–Kier alpha value is -2.44. The molecule has 7 nitrogen and oxygen atoms in total. The van der Waals surface area contributed by atoms with Gasteiger partial charge in [-0.2, -0.15) is 0 Å². The molecule has 0 atom stereocenters. The van der Waals surface area contributed by atoms with Crippen LogP contribution < -0.4 is 15.4 Å². The highest BCUT2D eigenvalue weighted by Crippen LogP contribution is 2.03. The molecule has 108 valence electrons. The van der Waals surface area contributed by atoms with E-state index in [0.29, 0.717) is 31.3 Å². The van der Waals surface area contributed by atoms with Crippen molar-refractivity contribution in [2.75, 3.05) is 19.7 Å². The molecule has 20 heavy (non-hydrogen) atoms. The molecule has 0 bridgehead atoms. The summed E-state index contributed by atoms with van der Waals surface area (Å²) >= 11 is 0. The third-order valence-corrected chi connectivity index (χ3v) is 2.15. The van der Waals surface area contributed by atoms with Crippen molar-refractivity contribution in [3.63, 3.8) is 0 Å². The summed E-state index contributed by atoms with van der Waals surface area (Å²) in [6.07, 6.45) is 6.12. The summed E-state index contributed by atoms with van der Waals surface area (Å²) in [4.78, 5) is 30.0. The number of nitrogens with zero attached hydrogens (tertiary/aromatic N) is 2. The summed E-state index contributed by atoms with van der Waals surface area (Å²) < 4.78 is 5.11. The normalized spacial score (nSPS) is 10.3. The first kappa shape index (κ1) is 15.6. The van der Waals surface area contributed by atoms with Crippen molar-refractivity contribution in [2.45, 2.75) is 13.8 Å². The molecular formula is C13H18N4O3. The molecule has 1 heterocycles. The standard InChI is InChI=1S/C13H18N4O3/c1-3-20-13-16-8-11(9-17-13)4-5-12(19)15-7-6-14-10(2)18/h4-5,8-9H,3,6-7H2,1-2H3,(H,14,18)(H,15,19)/b5-4+. The molecule has 0 radical (unpaired) electrons. The Balaban J connectivity index is 2.35. The molecule has 0 fully saturated rings. The highest BCUT2D eigenvalue weighted by Gasteiger charge is 1.97. The van der Waals surface area contributed by atoms with Crippen molar-refractivity contribution < 1.29 is 14.3 Å². The molecule has 1 aromatic rings. The average molecular weight is 278 g/mol. The first-order valence-electron chi connectivity index (χ1n) is 6.27. The van der Waals surface area contributed by atoms with Crippen molar-refractivity contribution in [3.8, 4) is 6.01 Å². The van der Waals surface area contributed by atoms with E-state index in [1.165, 1.54) is 13.0 Å². The van der Waals surface area contributed by atoms with Gasteiger partial charge in [0.2, 0.25) is 11.8 Å². The van der Waals surface area contributed by atoms with Crippen molar-refractivity contribution in [1.82, 2.24) is 20.6 Å². The summed E-state index contributed by atoms with van der Waals surface area (Å²) in [5, 5.41) is 5.22. The minimum absolute atomic E-state index is 0.124. The maximum absolute atomic E-state index is 11.5. The van der Waals surface area contributed by atoms with Gasteiger partial charge in [-0.15, -0.1) is 0 Å². The fourth-order valence-electron chi connectivity index (χ4n) is 1.27. The van der Waals surface area contributed by atoms with Crippen LogP contribution in [0.3, 0.4) is 0 Å². The number of amides is 2. The van der Waals surface area contributed by atoms with Gasteiger partial charge in [0, 0.05) is 44.0 Å². The van der Waals surface area contributed by atoms with Gasteiger partial charge >= 0.3 is 6.01 Å². The predicted molar refractivity (Wildman–Crippen MR) is 73.9 cm³/mol. The van der Waals surface area contributed by atoms with Gasteiger partial charge in [0.25, 0.3) is 0 Å². The summed E-state index contributed by atoms with van der Waals surface area (Å²) in [5.41, 5.74) is 0.700.